The van der Waals surface area contributed by atoms with Crippen molar-refractivity contribution in [2.45, 2.75) is 30.7 Å². The molecule has 2 aliphatic rings. The number of sulfonamides is 1. The van der Waals surface area contributed by atoms with Gasteiger partial charge in [0.25, 0.3) is 5.91 Å². The molecule has 0 aliphatic carbocycles. The summed E-state index contributed by atoms with van der Waals surface area (Å²) in [7, 11) is -2.02. The number of rotatable bonds is 4. The Morgan fingerprint density at radius 3 is 3.04 bits per heavy atom. The molecule has 7 nitrogen and oxygen atoms in total. The molecule has 0 saturated carbocycles. The van der Waals surface area contributed by atoms with Gasteiger partial charge in [-0.15, -0.1) is 0 Å². The Balaban J connectivity index is 1.53. The third-order valence-electron chi connectivity index (χ3n) is 5.26. The van der Waals surface area contributed by atoms with Gasteiger partial charge in [-0.1, -0.05) is 6.07 Å². The fourth-order valence-electron chi connectivity index (χ4n) is 3.78. The van der Waals surface area contributed by atoms with Gasteiger partial charge >= 0.3 is 0 Å². The largest absolute Gasteiger partial charge is 0.352 e. The lowest BCUT2D eigenvalue weighted by Crippen LogP contribution is -2.36. The first-order valence-electron chi connectivity index (χ1n) is 8.82. The highest BCUT2D eigenvalue weighted by atomic mass is 32.2. The number of aromatic nitrogens is 2. The Morgan fingerprint density at radius 2 is 2.19 bits per heavy atom. The molecular weight excluding hydrogens is 352 g/mol. The summed E-state index contributed by atoms with van der Waals surface area (Å²) >= 11 is 0. The summed E-state index contributed by atoms with van der Waals surface area (Å²) in [4.78, 5) is 16.5. The van der Waals surface area contributed by atoms with Crippen molar-refractivity contribution in [3.63, 3.8) is 0 Å². The molecule has 8 heteroatoms. The fourth-order valence-corrected chi connectivity index (χ4v) is 5.05. The van der Waals surface area contributed by atoms with Gasteiger partial charge in [0.2, 0.25) is 10.0 Å². The number of amides is 1. The number of aryl methyl sites for hydroxylation is 1. The monoisotopic (exact) mass is 374 g/mol. The zero-order valence-corrected chi connectivity index (χ0v) is 15.5. The summed E-state index contributed by atoms with van der Waals surface area (Å²) in [6.45, 7) is 1.82. The number of imidazole rings is 1. The van der Waals surface area contributed by atoms with Crippen molar-refractivity contribution < 1.29 is 13.2 Å². The molecular formula is C18H22N4O3S. The number of fused-ring (bicyclic) bond motifs is 2. The summed E-state index contributed by atoms with van der Waals surface area (Å²) in [6.07, 6.45) is 6.25. The fraction of sp³-hybridized carbons (Fsp3) is 0.444. The minimum atomic E-state index is -3.63. The van der Waals surface area contributed by atoms with Crippen molar-refractivity contribution in [2.24, 2.45) is 5.92 Å². The van der Waals surface area contributed by atoms with Crippen LogP contribution >= 0.6 is 0 Å². The SMILES string of the molecule is CN(C[C@@H]1CCc2nccn2C1)S(=O)(=O)c1ccc2c(c1)C(=O)NCC2. The van der Waals surface area contributed by atoms with Gasteiger partial charge < -0.3 is 9.88 Å². The summed E-state index contributed by atoms with van der Waals surface area (Å²) in [6, 6.07) is 4.87. The molecule has 138 valence electrons. The molecule has 0 fully saturated rings. The molecule has 0 saturated heterocycles. The highest BCUT2D eigenvalue weighted by Gasteiger charge is 2.28. The van der Waals surface area contributed by atoms with Crippen LogP contribution in [-0.2, 0) is 29.4 Å². The number of hydrogen-bond donors (Lipinski definition) is 1. The second-order valence-corrected chi connectivity index (χ2v) is 9.06. The lowest BCUT2D eigenvalue weighted by atomic mass is 10.00. The van der Waals surface area contributed by atoms with Crippen LogP contribution in [0.15, 0.2) is 35.5 Å². The molecule has 3 heterocycles. The van der Waals surface area contributed by atoms with Gasteiger partial charge in [0.15, 0.2) is 0 Å². The van der Waals surface area contributed by atoms with E-state index in [1.54, 1.807) is 25.4 Å². The van der Waals surface area contributed by atoms with Crippen molar-refractivity contribution in [2.75, 3.05) is 20.1 Å². The normalized spacial score (nSPS) is 19.8. The molecule has 1 atom stereocenters. The van der Waals surface area contributed by atoms with E-state index in [0.717, 1.165) is 37.2 Å². The lowest BCUT2D eigenvalue weighted by Gasteiger charge is -2.28. The highest BCUT2D eigenvalue weighted by molar-refractivity contribution is 7.89. The zero-order chi connectivity index (χ0) is 18.3. The van der Waals surface area contributed by atoms with E-state index in [0.29, 0.717) is 18.7 Å². The van der Waals surface area contributed by atoms with Crippen molar-refractivity contribution in [3.8, 4) is 0 Å². The van der Waals surface area contributed by atoms with Crippen molar-refractivity contribution in [1.82, 2.24) is 19.2 Å². The maximum absolute atomic E-state index is 13.0. The standard InChI is InChI=1S/C18H22N4O3S/c1-21(11-13-2-5-17-19-8-9-22(17)12-13)26(24,25)15-4-3-14-6-7-20-18(23)16(14)10-15/h3-4,8-10,13H,2,5-7,11-12H2,1H3,(H,20,23)/t13-/m0/s1. The van der Waals surface area contributed by atoms with E-state index in [9.17, 15) is 13.2 Å². The van der Waals surface area contributed by atoms with Gasteiger partial charge in [-0.2, -0.15) is 0 Å². The first-order chi connectivity index (χ1) is 12.4. The molecule has 4 rings (SSSR count). The molecule has 1 N–H and O–H groups in total. The predicted molar refractivity (Wildman–Crippen MR) is 96.3 cm³/mol. The van der Waals surface area contributed by atoms with E-state index in [1.807, 2.05) is 6.20 Å². The third kappa shape index (κ3) is 3.03. The smallest absolute Gasteiger partial charge is 0.251 e. The van der Waals surface area contributed by atoms with E-state index in [2.05, 4.69) is 14.9 Å². The van der Waals surface area contributed by atoms with Crippen LogP contribution in [0.4, 0.5) is 0 Å². The number of hydrogen-bond acceptors (Lipinski definition) is 4. The summed E-state index contributed by atoms with van der Waals surface area (Å²) in [5.41, 5.74) is 1.36. The average molecular weight is 374 g/mol. The zero-order valence-electron chi connectivity index (χ0n) is 14.7. The van der Waals surface area contributed by atoms with E-state index in [1.165, 1.54) is 10.4 Å². The quantitative estimate of drug-likeness (QED) is 0.867. The van der Waals surface area contributed by atoms with Crippen LogP contribution in [0.5, 0.6) is 0 Å². The van der Waals surface area contributed by atoms with Crippen LogP contribution in [-0.4, -0.2) is 48.3 Å². The summed E-state index contributed by atoms with van der Waals surface area (Å²) in [5.74, 6) is 1.11. The molecule has 0 spiro atoms. The van der Waals surface area contributed by atoms with Crippen LogP contribution in [0.25, 0.3) is 0 Å². The van der Waals surface area contributed by atoms with E-state index in [4.69, 9.17) is 0 Å². The first-order valence-corrected chi connectivity index (χ1v) is 10.3. The van der Waals surface area contributed by atoms with Gasteiger partial charge in [-0.05, 0) is 36.5 Å². The van der Waals surface area contributed by atoms with Gasteiger partial charge in [-0.25, -0.2) is 17.7 Å². The van der Waals surface area contributed by atoms with Gasteiger partial charge in [0.05, 0.1) is 4.90 Å². The van der Waals surface area contributed by atoms with Crippen molar-refractivity contribution >= 4 is 15.9 Å². The average Bonchev–Trinajstić information content (AvgIpc) is 3.09. The summed E-state index contributed by atoms with van der Waals surface area (Å²) < 4.78 is 29.4. The molecule has 2 aliphatic heterocycles. The topological polar surface area (TPSA) is 84.3 Å². The molecule has 0 bridgehead atoms. The number of nitrogens with one attached hydrogen (secondary N) is 1. The van der Waals surface area contributed by atoms with E-state index >= 15 is 0 Å². The molecule has 1 amide bonds. The van der Waals surface area contributed by atoms with Crippen LogP contribution < -0.4 is 5.32 Å². The predicted octanol–water partition coefficient (Wildman–Crippen LogP) is 1.05. The number of carbonyl (C=O) groups excluding carboxylic acids is 1. The van der Waals surface area contributed by atoms with Crippen LogP contribution in [0, 0.1) is 5.92 Å². The summed E-state index contributed by atoms with van der Waals surface area (Å²) in [5, 5.41) is 2.76. The Kier molecular flexibility index (Phi) is 4.32. The Morgan fingerprint density at radius 1 is 1.35 bits per heavy atom. The van der Waals surface area contributed by atoms with Crippen molar-refractivity contribution in [3.05, 3.63) is 47.5 Å². The molecule has 0 unspecified atom stereocenters. The highest BCUT2D eigenvalue weighted by Crippen LogP contribution is 2.24. The molecule has 2 aromatic rings. The molecule has 26 heavy (non-hydrogen) atoms. The van der Waals surface area contributed by atoms with Gasteiger partial charge in [0.1, 0.15) is 5.82 Å². The second kappa shape index (κ2) is 6.51. The number of carbonyl (C=O) groups is 1. The van der Waals surface area contributed by atoms with Crippen molar-refractivity contribution in [1.29, 1.82) is 0 Å². The van der Waals surface area contributed by atoms with Crippen LogP contribution in [0.2, 0.25) is 0 Å². The third-order valence-corrected chi connectivity index (χ3v) is 7.08. The van der Waals surface area contributed by atoms with E-state index in [-0.39, 0.29) is 16.7 Å². The van der Waals surface area contributed by atoms with Gasteiger partial charge in [0, 0.05) is 51.1 Å². The van der Waals surface area contributed by atoms with Crippen LogP contribution in [0.1, 0.15) is 28.2 Å². The minimum absolute atomic E-state index is 0.176. The molecule has 0 radical (unpaired) electrons. The first kappa shape index (κ1) is 17.2. The maximum Gasteiger partial charge on any atom is 0.251 e. The maximum atomic E-state index is 13.0. The minimum Gasteiger partial charge on any atom is -0.352 e. The number of nitrogens with zero attached hydrogens (tertiary/aromatic N) is 3. The Labute approximate surface area is 153 Å². The molecule has 1 aromatic carbocycles. The van der Waals surface area contributed by atoms with E-state index < -0.39 is 10.0 Å². The number of benzene rings is 1. The van der Waals surface area contributed by atoms with Gasteiger partial charge in [-0.3, -0.25) is 4.79 Å². The Hall–Kier alpha value is -2.19. The lowest BCUT2D eigenvalue weighted by molar-refractivity contribution is 0.0945. The molecule has 1 aromatic heterocycles. The van der Waals surface area contributed by atoms with Crippen LogP contribution in [0.3, 0.4) is 0 Å². The Bertz CT molecular complexity index is 951. The second-order valence-electron chi connectivity index (χ2n) is 7.01.